The van der Waals surface area contributed by atoms with Gasteiger partial charge >= 0.3 is 0 Å². The first-order valence-corrected chi connectivity index (χ1v) is 8.71. The van der Waals surface area contributed by atoms with Crippen LogP contribution in [0.15, 0.2) is 72.8 Å². The molecule has 0 aromatic heterocycles. The Hall–Kier alpha value is -3.54. The quantitative estimate of drug-likeness (QED) is 0.674. The summed E-state index contributed by atoms with van der Waals surface area (Å²) in [7, 11) is 0. The topological polar surface area (TPSA) is 58.2 Å². The summed E-state index contributed by atoms with van der Waals surface area (Å²) in [6.45, 7) is 0.458. The maximum atomic E-state index is 13.7. The Morgan fingerprint density at radius 3 is 2.21 bits per heavy atom. The molecule has 4 nitrogen and oxygen atoms in total. The number of rotatable bonds is 6. The molecule has 0 aliphatic heterocycles. The van der Waals surface area contributed by atoms with E-state index in [2.05, 4.69) is 10.6 Å². The van der Waals surface area contributed by atoms with Crippen LogP contribution in [0.1, 0.15) is 26.3 Å². The molecule has 3 aromatic rings. The molecule has 142 valence electrons. The lowest BCUT2D eigenvalue weighted by atomic mass is 10.1. The molecule has 0 unspecified atom stereocenters. The molecule has 0 bridgehead atoms. The fraction of sp³-hybridized carbons (Fsp3) is 0.0909. The number of hydrogen-bond donors (Lipinski definition) is 2. The van der Waals surface area contributed by atoms with E-state index < -0.39 is 17.5 Å². The van der Waals surface area contributed by atoms with Gasteiger partial charge in [0, 0.05) is 23.7 Å². The number of carbonyl (C=O) groups excluding carboxylic acids is 2. The van der Waals surface area contributed by atoms with Crippen LogP contribution < -0.4 is 10.6 Å². The lowest BCUT2D eigenvalue weighted by Gasteiger charge is -2.09. The number of carbonyl (C=O) groups is 2. The molecule has 0 atom stereocenters. The third-order valence-electron chi connectivity index (χ3n) is 4.11. The van der Waals surface area contributed by atoms with Crippen molar-refractivity contribution in [1.82, 2.24) is 5.32 Å². The van der Waals surface area contributed by atoms with Crippen molar-refractivity contribution in [2.45, 2.75) is 6.42 Å². The molecule has 0 saturated heterocycles. The van der Waals surface area contributed by atoms with Gasteiger partial charge in [0.1, 0.15) is 11.6 Å². The Bertz CT molecular complexity index is 991. The second-order valence-corrected chi connectivity index (χ2v) is 6.15. The van der Waals surface area contributed by atoms with Crippen molar-refractivity contribution in [2.24, 2.45) is 0 Å². The van der Waals surface area contributed by atoms with E-state index in [-0.39, 0.29) is 17.2 Å². The molecule has 3 rings (SSSR count). The van der Waals surface area contributed by atoms with Crippen LogP contribution in [0.4, 0.5) is 14.5 Å². The molecule has 28 heavy (non-hydrogen) atoms. The Morgan fingerprint density at radius 1 is 0.786 bits per heavy atom. The molecule has 2 N–H and O–H groups in total. The van der Waals surface area contributed by atoms with Crippen molar-refractivity contribution in [3.05, 3.63) is 101 Å². The van der Waals surface area contributed by atoms with Crippen LogP contribution in [0.2, 0.25) is 0 Å². The molecule has 2 amide bonds. The summed E-state index contributed by atoms with van der Waals surface area (Å²) in [5.41, 5.74) is 1.49. The standard InChI is InChI=1S/C22H18F2N2O2/c23-18-9-10-20(19(24)14-18)26-22(28)17-8-4-7-16(13-17)21(27)25-12-11-15-5-2-1-3-6-15/h1-10,13-14H,11-12H2,(H,25,27)(H,26,28). The van der Waals surface area contributed by atoms with Gasteiger partial charge in [-0.15, -0.1) is 0 Å². The molecule has 0 radical (unpaired) electrons. The van der Waals surface area contributed by atoms with E-state index in [4.69, 9.17) is 0 Å². The van der Waals surface area contributed by atoms with Gasteiger partial charge in [-0.25, -0.2) is 8.78 Å². The van der Waals surface area contributed by atoms with Crippen LogP contribution in [0.25, 0.3) is 0 Å². The maximum absolute atomic E-state index is 13.7. The van der Waals surface area contributed by atoms with Crippen LogP contribution in [-0.4, -0.2) is 18.4 Å². The highest BCUT2D eigenvalue weighted by molar-refractivity contribution is 6.06. The van der Waals surface area contributed by atoms with Crippen LogP contribution in [0, 0.1) is 11.6 Å². The Morgan fingerprint density at radius 2 is 1.50 bits per heavy atom. The lowest BCUT2D eigenvalue weighted by molar-refractivity contribution is 0.0954. The zero-order chi connectivity index (χ0) is 19.9. The van der Waals surface area contributed by atoms with Crippen LogP contribution >= 0.6 is 0 Å². The van der Waals surface area contributed by atoms with Gasteiger partial charge in [-0.05, 0) is 42.3 Å². The molecular formula is C22H18F2N2O2. The van der Waals surface area contributed by atoms with Crippen LogP contribution in [-0.2, 0) is 6.42 Å². The van der Waals surface area contributed by atoms with Crippen molar-refractivity contribution in [3.63, 3.8) is 0 Å². The van der Waals surface area contributed by atoms with Gasteiger partial charge in [0.25, 0.3) is 11.8 Å². The smallest absolute Gasteiger partial charge is 0.255 e. The summed E-state index contributed by atoms with van der Waals surface area (Å²) < 4.78 is 26.7. The third kappa shape index (κ3) is 5.01. The van der Waals surface area contributed by atoms with E-state index >= 15 is 0 Å². The minimum atomic E-state index is -0.872. The zero-order valence-electron chi connectivity index (χ0n) is 14.9. The molecule has 0 fully saturated rings. The number of amides is 2. The van der Waals surface area contributed by atoms with Gasteiger partial charge < -0.3 is 10.6 Å². The summed E-state index contributed by atoms with van der Waals surface area (Å²) in [5, 5.41) is 5.18. The minimum Gasteiger partial charge on any atom is -0.352 e. The van der Waals surface area contributed by atoms with E-state index in [1.54, 1.807) is 12.1 Å². The first-order chi connectivity index (χ1) is 13.5. The number of halogens is 2. The van der Waals surface area contributed by atoms with Gasteiger partial charge in [0.15, 0.2) is 0 Å². The van der Waals surface area contributed by atoms with E-state index in [0.29, 0.717) is 24.6 Å². The summed E-state index contributed by atoms with van der Waals surface area (Å²) in [6, 6.07) is 18.7. The maximum Gasteiger partial charge on any atom is 0.255 e. The third-order valence-corrected chi connectivity index (χ3v) is 4.11. The molecule has 0 saturated carbocycles. The van der Waals surface area contributed by atoms with Gasteiger partial charge in [0.05, 0.1) is 5.69 Å². The lowest BCUT2D eigenvalue weighted by Crippen LogP contribution is -2.26. The summed E-state index contributed by atoms with van der Waals surface area (Å²) in [4.78, 5) is 24.6. The van der Waals surface area contributed by atoms with Gasteiger partial charge in [-0.2, -0.15) is 0 Å². The molecule has 6 heteroatoms. The molecule has 0 heterocycles. The number of nitrogens with one attached hydrogen (secondary N) is 2. The summed E-state index contributed by atoms with van der Waals surface area (Å²) in [6.07, 6.45) is 0.691. The molecular weight excluding hydrogens is 362 g/mol. The Labute approximate surface area is 161 Å². The second kappa shape index (κ2) is 8.90. The first kappa shape index (κ1) is 19.2. The van der Waals surface area contributed by atoms with Crippen LogP contribution in [0.5, 0.6) is 0 Å². The van der Waals surface area contributed by atoms with Crippen LogP contribution in [0.3, 0.4) is 0 Å². The van der Waals surface area contributed by atoms with E-state index in [0.717, 1.165) is 17.7 Å². The van der Waals surface area contributed by atoms with Gasteiger partial charge in [0.2, 0.25) is 0 Å². The van der Waals surface area contributed by atoms with Crippen molar-refractivity contribution in [3.8, 4) is 0 Å². The molecule has 0 aliphatic rings. The predicted octanol–water partition coefficient (Wildman–Crippen LogP) is 4.19. The van der Waals surface area contributed by atoms with E-state index in [9.17, 15) is 18.4 Å². The highest BCUT2D eigenvalue weighted by Gasteiger charge is 2.13. The van der Waals surface area contributed by atoms with E-state index in [1.165, 1.54) is 12.1 Å². The van der Waals surface area contributed by atoms with Crippen molar-refractivity contribution < 1.29 is 18.4 Å². The van der Waals surface area contributed by atoms with Crippen molar-refractivity contribution in [2.75, 3.05) is 11.9 Å². The fourth-order valence-electron chi connectivity index (χ4n) is 2.65. The Kier molecular flexibility index (Phi) is 6.11. The van der Waals surface area contributed by atoms with Gasteiger partial charge in [-0.1, -0.05) is 36.4 Å². The number of benzene rings is 3. The second-order valence-electron chi connectivity index (χ2n) is 6.15. The van der Waals surface area contributed by atoms with E-state index in [1.807, 2.05) is 30.3 Å². The summed E-state index contributed by atoms with van der Waals surface area (Å²) in [5.74, 6) is -2.50. The highest BCUT2D eigenvalue weighted by atomic mass is 19.1. The molecule has 3 aromatic carbocycles. The highest BCUT2D eigenvalue weighted by Crippen LogP contribution is 2.16. The molecule has 0 aliphatic carbocycles. The summed E-state index contributed by atoms with van der Waals surface area (Å²) >= 11 is 0. The monoisotopic (exact) mass is 380 g/mol. The minimum absolute atomic E-state index is 0.135. The van der Waals surface area contributed by atoms with Gasteiger partial charge in [-0.3, -0.25) is 9.59 Å². The van der Waals surface area contributed by atoms with Crippen molar-refractivity contribution >= 4 is 17.5 Å². The predicted molar refractivity (Wildman–Crippen MR) is 103 cm³/mol. The fourth-order valence-corrected chi connectivity index (χ4v) is 2.65. The average Bonchev–Trinajstić information content (AvgIpc) is 2.71. The first-order valence-electron chi connectivity index (χ1n) is 8.71. The SMILES string of the molecule is O=C(NCCc1ccccc1)c1cccc(C(=O)Nc2ccc(F)cc2F)c1. The average molecular weight is 380 g/mol. The molecule has 0 spiro atoms. The normalized spacial score (nSPS) is 10.4. The number of hydrogen-bond acceptors (Lipinski definition) is 2. The van der Waals surface area contributed by atoms with Crippen molar-refractivity contribution in [1.29, 1.82) is 0 Å². The largest absolute Gasteiger partial charge is 0.352 e. The Balaban J connectivity index is 1.62. The zero-order valence-corrected chi connectivity index (χ0v) is 14.9. The number of anilines is 1.